The highest BCUT2D eigenvalue weighted by Crippen LogP contribution is 2.50. The predicted octanol–water partition coefficient (Wildman–Crippen LogP) is 6.14. The molecule has 2 aromatic rings. The minimum absolute atomic E-state index is 0.0675. The average Bonchev–Trinajstić information content (AvgIpc) is 3.33. The average molecular weight is 533 g/mol. The van der Waals surface area contributed by atoms with Crippen LogP contribution in [0.25, 0.3) is 0 Å². The topological polar surface area (TPSA) is 58.6 Å². The number of aliphatic hydroxyl groups excluding tert-OH is 1. The van der Waals surface area contributed by atoms with Gasteiger partial charge in [-0.05, 0) is 74.1 Å². The van der Waals surface area contributed by atoms with E-state index < -0.39 is 65.0 Å². The van der Waals surface area contributed by atoms with Gasteiger partial charge in [-0.1, -0.05) is 12.1 Å². The first-order valence-electron chi connectivity index (χ1n) is 11.8. The fraction of sp³-hybridized carbons (Fsp3) is 0.500. The summed E-state index contributed by atoms with van der Waals surface area (Å²) in [6.45, 7) is 3.16. The molecule has 2 fully saturated rings. The number of halogens is 7. The molecule has 2 N–H and O–H groups in total. The monoisotopic (exact) mass is 533 g/mol. The van der Waals surface area contributed by atoms with Crippen LogP contribution in [0.5, 0.6) is 0 Å². The molecule has 11 heteroatoms. The molecule has 4 nitrogen and oxygen atoms in total. The van der Waals surface area contributed by atoms with Crippen molar-refractivity contribution in [3.63, 3.8) is 0 Å². The normalized spacial score (nSPS) is 29.4. The number of nitrogens with one attached hydrogen (secondary N) is 1. The standard InChI is InChI=1S/C26H26F7NO3/c1-13(15-9-16(25(28,29)30)11-17(10-15)26(31,32)33)37-21-8-7-19(24(2)12-20(35)23(36)34-24)22(21)14-3-5-18(27)6-4-14/h3-6,9-11,13,19-22,35H,7-8,12H2,1-2H3,(H,34,36)/t13-,19-,20-,21+,22+,24+/m1/s1. The Morgan fingerprint density at radius 1 is 1.00 bits per heavy atom. The van der Waals surface area contributed by atoms with E-state index in [4.69, 9.17) is 4.74 Å². The van der Waals surface area contributed by atoms with E-state index in [1.807, 2.05) is 0 Å². The Morgan fingerprint density at radius 3 is 2.05 bits per heavy atom. The maximum Gasteiger partial charge on any atom is 0.416 e. The molecule has 6 atom stereocenters. The second-order valence-electron chi connectivity index (χ2n) is 10.0. The second-order valence-corrected chi connectivity index (χ2v) is 10.0. The van der Waals surface area contributed by atoms with E-state index in [0.29, 0.717) is 30.5 Å². The summed E-state index contributed by atoms with van der Waals surface area (Å²) in [7, 11) is 0. The van der Waals surface area contributed by atoms with E-state index in [-0.39, 0.29) is 24.0 Å². The lowest BCUT2D eigenvalue weighted by Crippen LogP contribution is -2.47. The van der Waals surface area contributed by atoms with Crippen molar-refractivity contribution in [3.05, 3.63) is 70.5 Å². The lowest BCUT2D eigenvalue weighted by atomic mass is 9.74. The van der Waals surface area contributed by atoms with Gasteiger partial charge in [0.05, 0.1) is 23.3 Å². The summed E-state index contributed by atoms with van der Waals surface area (Å²) in [5.74, 6) is -1.76. The summed E-state index contributed by atoms with van der Waals surface area (Å²) < 4.78 is 99.9. The summed E-state index contributed by atoms with van der Waals surface area (Å²) >= 11 is 0. The molecular weight excluding hydrogens is 507 g/mol. The number of rotatable bonds is 5. The van der Waals surface area contributed by atoms with Crippen molar-refractivity contribution >= 4 is 5.91 Å². The summed E-state index contributed by atoms with van der Waals surface area (Å²) in [4.78, 5) is 12.1. The van der Waals surface area contributed by atoms with Gasteiger partial charge < -0.3 is 15.2 Å². The molecule has 0 spiro atoms. The molecule has 202 valence electrons. The molecule has 1 saturated heterocycles. The van der Waals surface area contributed by atoms with Gasteiger partial charge in [-0.3, -0.25) is 4.79 Å². The molecule has 0 unspecified atom stereocenters. The molecule has 0 radical (unpaired) electrons. The van der Waals surface area contributed by atoms with Gasteiger partial charge >= 0.3 is 12.4 Å². The minimum Gasteiger partial charge on any atom is -0.383 e. The van der Waals surface area contributed by atoms with Gasteiger partial charge in [0, 0.05) is 17.9 Å². The van der Waals surface area contributed by atoms with Crippen LogP contribution in [0, 0.1) is 11.7 Å². The zero-order valence-electron chi connectivity index (χ0n) is 20.0. The summed E-state index contributed by atoms with van der Waals surface area (Å²) in [5.41, 5.74) is -3.32. The largest absolute Gasteiger partial charge is 0.416 e. The van der Waals surface area contributed by atoms with Crippen LogP contribution in [0.3, 0.4) is 0 Å². The van der Waals surface area contributed by atoms with Crippen LogP contribution in [0.4, 0.5) is 30.7 Å². The van der Waals surface area contributed by atoms with Gasteiger partial charge in [0.2, 0.25) is 5.91 Å². The molecular formula is C26H26F7NO3. The smallest absolute Gasteiger partial charge is 0.383 e. The van der Waals surface area contributed by atoms with Crippen molar-refractivity contribution in [1.82, 2.24) is 5.32 Å². The molecule has 1 saturated carbocycles. The van der Waals surface area contributed by atoms with Crippen LogP contribution >= 0.6 is 0 Å². The Bertz CT molecular complexity index is 1120. The van der Waals surface area contributed by atoms with Crippen molar-refractivity contribution in [2.75, 3.05) is 0 Å². The van der Waals surface area contributed by atoms with Crippen molar-refractivity contribution in [2.24, 2.45) is 5.92 Å². The van der Waals surface area contributed by atoms with Crippen molar-refractivity contribution in [3.8, 4) is 0 Å². The lowest BCUT2D eigenvalue weighted by Gasteiger charge is -2.37. The Morgan fingerprint density at radius 2 is 1.57 bits per heavy atom. The first kappa shape index (κ1) is 27.4. The number of hydrogen-bond donors (Lipinski definition) is 2. The van der Waals surface area contributed by atoms with Crippen LogP contribution in [-0.2, 0) is 21.9 Å². The van der Waals surface area contributed by atoms with Crippen LogP contribution in [-0.4, -0.2) is 28.8 Å². The molecule has 1 aliphatic carbocycles. The van der Waals surface area contributed by atoms with E-state index in [1.165, 1.54) is 19.1 Å². The van der Waals surface area contributed by atoms with Gasteiger partial charge in [-0.15, -0.1) is 0 Å². The van der Waals surface area contributed by atoms with Crippen molar-refractivity contribution < 1.29 is 45.4 Å². The first-order chi connectivity index (χ1) is 17.1. The van der Waals surface area contributed by atoms with E-state index >= 15 is 0 Å². The first-order valence-corrected chi connectivity index (χ1v) is 11.8. The van der Waals surface area contributed by atoms with Crippen LogP contribution in [0.2, 0.25) is 0 Å². The number of alkyl halides is 6. The molecule has 0 bridgehead atoms. The van der Waals surface area contributed by atoms with Gasteiger partial charge in [0.25, 0.3) is 0 Å². The maximum atomic E-state index is 13.6. The third-order valence-corrected chi connectivity index (χ3v) is 7.46. The fourth-order valence-electron chi connectivity index (χ4n) is 5.67. The number of carbonyl (C=O) groups excluding carboxylic acids is 1. The Balaban J connectivity index is 1.67. The number of aliphatic hydroxyl groups is 1. The van der Waals surface area contributed by atoms with E-state index in [2.05, 4.69) is 5.32 Å². The molecule has 0 aromatic heterocycles. The van der Waals surface area contributed by atoms with Gasteiger partial charge in [0.15, 0.2) is 0 Å². The molecule has 1 amide bonds. The van der Waals surface area contributed by atoms with Crippen LogP contribution in [0.15, 0.2) is 42.5 Å². The Hall–Kier alpha value is -2.66. The molecule has 1 heterocycles. The summed E-state index contributed by atoms with van der Waals surface area (Å²) in [6, 6.07) is 6.94. The van der Waals surface area contributed by atoms with Gasteiger partial charge in [0.1, 0.15) is 11.9 Å². The zero-order valence-corrected chi connectivity index (χ0v) is 20.0. The highest BCUT2D eigenvalue weighted by molar-refractivity contribution is 5.84. The summed E-state index contributed by atoms with van der Waals surface area (Å²) in [6.07, 6.45) is -11.9. The molecule has 2 aromatic carbocycles. The third kappa shape index (κ3) is 5.62. The maximum absolute atomic E-state index is 13.6. The Kier molecular flexibility index (Phi) is 7.09. The quantitative estimate of drug-likeness (QED) is 0.454. The number of hydrogen-bond acceptors (Lipinski definition) is 3. The minimum atomic E-state index is -4.99. The molecule has 2 aliphatic rings. The van der Waals surface area contributed by atoms with Crippen molar-refractivity contribution in [2.45, 2.75) is 75.2 Å². The number of carbonyl (C=O) groups is 1. The predicted molar refractivity (Wildman–Crippen MR) is 119 cm³/mol. The van der Waals surface area contributed by atoms with E-state index in [9.17, 15) is 40.6 Å². The number of benzene rings is 2. The van der Waals surface area contributed by atoms with Gasteiger partial charge in [-0.25, -0.2) is 4.39 Å². The summed E-state index contributed by atoms with van der Waals surface area (Å²) in [5, 5.41) is 12.9. The second kappa shape index (κ2) is 9.58. The highest BCUT2D eigenvalue weighted by Gasteiger charge is 2.53. The van der Waals surface area contributed by atoms with Crippen LogP contribution < -0.4 is 5.32 Å². The molecule has 37 heavy (non-hydrogen) atoms. The molecule has 1 aliphatic heterocycles. The number of ether oxygens (including phenoxy) is 1. The lowest BCUT2D eigenvalue weighted by molar-refractivity contribution is -0.143. The highest BCUT2D eigenvalue weighted by atomic mass is 19.4. The third-order valence-electron chi connectivity index (χ3n) is 7.46. The van der Waals surface area contributed by atoms with Gasteiger partial charge in [-0.2, -0.15) is 26.3 Å². The van der Waals surface area contributed by atoms with Crippen LogP contribution in [0.1, 0.15) is 67.4 Å². The fourth-order valence-corrected chi connectivity index (χ4v) is 5.67. The van der Waals surface area contributed by atoms with E-state index in [1.54, 1.807) is 19.1 Å². The number of amides is 1. The van der Waals surface area contributed by atoms with E-state index in [0.717, 1.165) is 0 Å². The SMILES string of the molecule is C[C@@H](O[C@H]1CC[C@@H]([C@]2(C)C[C@@H](O)C(=O)N2)[C@@H]1c1ccc(F)cc1)c1cc(C(F)(F)F)cc(C(F)(F)F)c1. The zero-order chi connectivity index (χ0) is 27.3. The van der Waals surface area contributed by atoms with Crippen molar-refractivity contribution in [1.29, 1.82) is 0 Å². The molecule has 4 rings (SSSR count). The Labute approximate surface area is 208 Å².